The van der Waals surface area contributed by atoms with Crippen LogP contribution in [0.2, 0.25) is 0 Å². The molecule has 6 aliphatic rings. The molecule has 212 valence electrons. The lowest BCUT2D eigenvalue weighted by Crippen LogP contribution is -2.78. The Balaban J connectivity index is 1.33. The molecular formula is C27H34ClF3O7. The monoisotopic (exact) mass is 562 g/mol. The van der Waals surface area contributed by atoms with Crippen molar-refractivity contribution in [1.82, 2.24) is 0 Å². The van der Waals surface area contributed by atoms with E-state index in [4.69, 9.17) is 30.8 Å². The van der Waals surface area contributed by atoms with E-state index >= 15 is 0 Å². The van der Waals surface area contributed by atoms with E-state index in [1.807, 2.05) is 6.92 Å². The first kappa shape index (κ1) is 27.1. The van der Waals surface area contributed by atoms with Crippen molar-refractivity contribution in [3.05, 3.63) is 29.8 Å². The summed E-state index contributed by atoms with van der Waals surface area (Å²) in [6, 6.07) is 6.46. The molecule has 0 aromatic heterocycles. The Morgan fingerprint density at radius 1 is 1.00 bits per heavy atom. The molecule has 1 aromatic carbocycles. The van der Waals surface area contributed by atoms with Gasteiger partial charge in [-0.05, 0) is 74.3 Å². The maximum atomic E-state index is 13.5. The van der Waals surface area contributed by atoms with Crippen molar-refractivity contribution in [3.63, 3.8) is 0 Å². The zero-order valence-electron chi connectivity index (χ0n) is 21.1. The third-order valence-corrected chi connectivity index (χ3v) is 10.2. The van der Waals surface area contributed by atoms with Crippen LogP contribution in [0.3, 0.4) is 0 Å². The van der Waals surface area contributed by atoms with Gasteiger partial charge in [-0.3, -0.25) is 0 Å². The average Bonchev–Trinajstić information content (AvgIpc) is 2.82. The summed E-state index contributed by atoms with van der Waals surface area (Å²) in [4.78, 5) is 11.1. The van der Waals surface area contributed by atoms with Gasteiger partial charge in [0.1, 0.15) is 30.7 Å². The van der Waals surface area contributed by atoms with Crippen LogP contribution in [0, 0.1) is 23.7 Å². The van der Waals surface area contributed by atoms with E-state index in [-0.39, 0.29) is 28.4 Å². The van der Waals surface area contributed by atoms with Gasteiger partial charge >= 0.3 is 6.18 Å². The number of alkyl halides is 4. The summed E-state index contributed by atoms with van der Waals surface area (Å²) < 4.78 is 52.1. The number of benzene rings is 1. The number of ether oxygens (including phenoxy) is 2. The molecule has 8 unspecified atom stereocenters. The van der Waals surface area contributed by atoms with Crippen molar-refractivity contribution >= 4 is 11.6 Å². The van der Waals surface area contributed by atoms with Gasteiger partial charge in [-0.15, -0.1) is 11.6 Å². The van der Waals surface area contributed by atoms with Crippen molar-refractivity contribution in [1.29, 1.82) is 0 Å². The molecule has 1 saturated heterocycles. The number of halogens is 4. The van der Waals surface area contributed by atoms with Gasteiger partial charge in [0.25, 0.3) is 5.79 Å². The van der Waals surface area contributed by atoms with E-state index in [9.17, 15) is 28.5 Å². The first-order chi connectivity index (χ1) is 17.9. The van der Waals surface area contributed by atoms with Crippen molar-refractivity contribution in [2.75, 3.05) is 6.61 Å². The van der Waals surface area contributed by atoms with Crippen molar-refractivity contribution < 1.29 is 47.7 Å². The topological polar surface area (TPSA) is 97.6 Å². The maximum Gasteiger partial charge on any atom is 0.411 e. The highest BCUT2D eigenvalue weighted by Crippen LogP contribution is 2.71. The number of aliphatic hydroxyl groups excluding tert-OH is 3. The molecule has 1 aromatic rings. The molecule has 1 spiro atoms. The fourth-order valence-electron chi connectivity index (χ4n) is 8.19. The van der Waals surface area contributed by atoms with Gasteiger partial charge < -0.3 is 24.8 Å². The Hall–Kier alpha value is -1.14. The van der Waals surface area contributed by atoms with Gasteiger partial charge in [0.15, 0.2) is 5.60 Å². The number of hydrogen-bond acceptors (Lipinski definition) is 7. The summed E-state index contributed by atoms with van der Waals surface area (Å²) in [5.41, 5.74) is -0.774. The van der Waals surface area contributed by atoms with Gasteiger partial charge in [0.05, 0.1) is 6.10 Å². The molecule has 6 fully saturated rings. The second kappa shape index (κ2) is 9.19. The van der Waals surface area contributed by atoms with Gasteiger partial charge in [0, 0.05) is 10.4 Å². The highest BCUT2D eigenvalue weighted by Gasteiger charge is 2.78. The first-order valence-corrected chi connectivity index (χ1v) is 13.9. The minimum atomic E-state index is -4.58. The third-order valence-electron chi connectivity index (χ3n) is 9.70. The number of aliphatic hydroxyl groups is 3. The maximum absolute atomic E-state index is 13.5. The van der Waals surface area contributed by atoms with Gasteiger partial charge in [0.2, 0.25) is 0 Å². The molecule has 4 bridgehead atoms. The Kier molecular flexibility index (Phi) is 6.54. The molecule has 8 atom stereocenters. The standard InChI is InChI=1S/C27H34ClF3O7/c1-2-15-8-20(22(33)23(34)21(15)32)36-19-5-3-4-16(9-19)27(35-13-25(29,30)31)26(37-38-27)17-6-14-7-18(26)12-24(28,10-14)11-17/h3-5,9,14-15,17-18,20-23,32-34H,2,6-8,10-13H2,1H3. The second-order valence-corrected chi connectivity index (χ2v) is 12.8. The predicted octanol–water partition coefficient (Wildman–Crippen LogP) is 4.20. The SMILES string of the molecule is CCC1CC(Oc2cccc(C3(OCC(F)(F)F)OOC34C3CC5CC4CC(Cl)(C5)C3)c2)C(O)C(O)C1O. The van der Waals surface area contributed by atoms with Gasteiger partial charge in [-0.1, -0.05) is 25.5 Å². The van der Waals surface area contributed by atoms with Crippen LogP contribution in [-0.4, -0.2) is 63.0 Å². The highest BCUT2D eigenvalue weighted by molar-refractivity contribution is 6.24. The predicted molar refractivity (Wildman–Crippen MR) is 128 cm³/mol. The second-order valence-electron chi connectivity index (χ2n) is 12.0. The van der Waals surface area contributed by atoms with Crippen LogP contribution >= 0.6 is 11.6 Å². The van der Waals surface area contributed by atoms with E-state index in [2.05, 4.69) is 0 Å². The van der Waals surface area contributed by atoms with E-state index in [1.165, 1.54) is 0 Å². The summed E-state index contributed by atoms with van der Waals surface area (Å²) in [6.07, 6.45) is -4.56. The van der Waals surface area contributed by atoms with Crippen LogP contribution in [0.25, 0.3) is 0 Å². The molecule has 3 N–H and O–H groups in total. The normalized spacial score (nSPS) is 47.8. The van der Waals surface area contributed by atoms with Crippen molar-refractivity contribution in [2.24, 2.45) is 23.7 Å². The Bertz CT molecular complexity index is 1040. The molecule has 38 heavy (non-hydrogen) atoms. The molecule has 11 heteroatoms. The summed E-state index contributed by atoms with van der Waals surface area (Å²) in [6.45, 7) is 0.364. The summed E-state index contributed by atoms with van der Waals surface area (Å²) >= 11 is 6.92. The lowest BCUT2D eigenvalue weighted by Gasteiger charge is -2.70. The Morgan fingerprint density at radius 3 is 2.29 bits per heavy atom. The molecule has 5 aliphatic carbocycles. The van der Waals surface area contributed by atoms with Crippen LogP contribution < -0.4 is 4.74 Å². The smallest absolute Gasteiger partial charge is 0.411 e. The molecule has 7 rings (SSSR count). The fourth-order valence-corrected chi connectivity index (χ4v) is 8.78. The van der Waals surface area contributed by atoms with Crippen LogP contribution in [-0.2, 0) is 20.3 Å². The van der Waals surface area contributed by atoms with Crippen LogP contribution in [0.5, 0.6) is 5.75 Å². The zero-order valence-corrected chi connectivity index (χ0v) is 21.8. The van der Waals surface area contributed by atoms with Gasteiger partial charge in [-0.2, -0.15) is 18.1 Å². The number of hydrogen-bond donors (Lipinski definition) is 3. The third kappa shape index (κ3) is 4.09. The van der Waals surface area contributed by atoms with E-state index < -0.39 is 48.6 Å². The van der Waals surface area contributed by atoms with Crippen LogP contribution in [0.1, 0.15) is 57.4 Å². The summed E-state index contributed by atoms with van der Waals surface area (Å²) in [7, 11) is 0. The lowest BCUT2D eigenvalue weighted by atomic mass is 9.46. The Morgan fingerprint density at radius 2 is 1.71 bits per heavy atom. The lowest BCUT2D eigenvalue weighted by molar-refractivity contribution is -0.650. The minimum Gasteiger partial charge on any atom is -0.488 e. The van der Waals surface area contributed by atoms with E-state index in [1.54, 1.807) is 24.3 Å². The largest absolute Gasteiger partial charge is 0.488 e. The van der Waals surface area contributed by atoms with Crippen molar-refractivity contribution in [3.8, 4) is 5.75 Å². The Labute approximate surface area is 224 Å². The molecular weight excluding hydrogens is 529 g/mol. The first-order valence-electron chi connectivity index (χ1n) is 13.5. The number of rotatable bonds is 6. The molecule has 5 saturated carbocycles. The summed E-state index contributed by atoms with van der Waals surface area (Å²) in [5.74, 6) is -1.64. The van der Waals surface area contributed by atoms with E-state index in [0.29, 0.717) is 37.2 Å². The highest BCUT2D eigenvalue weighted by atomic mass is 35.5. The molecule has 0 radical (unpaired) electrons. The quantitative estimate of drug-likeness (QED) is 0.353. The molecule has 1 aliphatic heterocycles. The van der Waals surface area contributed by atoms with Crippen LogP contribution in [0.15, 0.2) is 24.3 Å². The average molecular weight is 563 g/mol. The van der Waals surface area contributed by atoms with Crippen molar-refractivity contribution in [2.45, 2.75) is 98.7 Å². The fraction of sp³-hybridized carbons (Fsp3) is 0.778. The molecule has 1 heterocycles. The van der Waals surface area contributed by atoms with Crippen LogP contribution in [0.4, 0.5) is 13.2 Å². The molecule has 7 nitrogen and oxygen atoms in total. The molecule has 0 amide bonds. The minimum absolute atomic E-state index is 0.125. The van der Waals surface area contributed by atoms with E-state index in [0.717, 1.165) is 19.3 Å². The van der Waals surface area contributed by atoms with Gasteiger partial charge in [-0.25, -0.2) is 4.89 Å². The zero-order chi connectivity index (χ0) is 27.1. The summed E-state index contributed by atoms with van der Waals surface area (Å²) in [5, 5.41) is 31.1.